The van der Waals surface area contributed by atoms with Crippen molar-refractivity contribution in [1.82, 2.24) is 0 Å². The van der Waals surface area contributed by atoms with E-state index in [2.05, 4.69) is 28.1 Å². The zero-order valence-electron chi connectivity index (χ0n) is 9.28. The van der Waals surface area contributed by atoms with Gasteiger partial charge in [0.2, 0.25) is 0 Å². The summed E-state index contributed by atoms with van der Waals surface area (Å²) in [7, 11) is -2.83. The van der Waals surface area contributed by atoms with Gasteiger partial charge >= 0.3 is 0 Å². The lowest BCUT2D eigenvalue weighted by molar-refractivity contribution is 0.0667. The number of allylic oxidation sites excluding steroid dienone is 2. The summed E-state index contributed by atoms with van der Waals surface area (Å²) in [5, 5.41) is 0. The number of sulfone groups is 1. The largest absolute Gasteiger partial charge is 0.229 e. The molecule has 1 aliphatic heterocycles. The molecule has 0 radical (unpaired) electrons. The lowest BCUT2D eigenvalue weighted by atomic mass is 9.54. The van der Waals surface area contributed by atoms with E-state index >= 15 is 0 Å². The Labute approximate surface area is 106 Å². The molecule has 0 amide bonds. The zero-order chi connectivity index (χ0) is 11.4. The molecule has 1 saturated heterocycles. The first kappa shape index (κ1) is 11.3. The van der Waals surface area contributed by atoms with Crippen LogP contribution in [0.2, 0.25) is 0 Å². The van der Waals surface area contributed by atoms with E-state index in [-0.39, 0.29) is 10.8 Å². The third-order valence-electron chi connectivity index (χ3n) is 4.77. The smallest absolute Gasteiger partial charge is 0.151 e. The fourth-order valence-corrected chi connectivity index (χ4v) is 7.72. The number of halogens is 1. The summed E-state index contributed by atoms with van der Waals surface area (Å²) in [4.78, 5) is 0.368. The van der Waals surface area contributed by atoms with Crippen LogP contribution in [0.3, 0.4) is 0 Å². The molecular weight excluding hydrogens is 288 g/mol. The van der Waals surface area contributed by atoms with Gasteiger partial charge < -0.3 is 0 Å². The van der Waals surface area contributed by atoms with Gasteiger partial charge in [-0.05, 0) is 24.7 Å². The molecule has 2 aliphatic carbocycles. The molecule has 0 N–H and O–H groups in total. The van der Waals surface area contributed by atoms with Crippen LogP contribution < -0.4 is 0 Å². The Balaban J connectivity index is 2.13. The van der Waals surface area contributed by atoms with Crippen LogP contribution in [0.15, 0.2) is 12.2 Å². The van der Waals surface area contributed by atoms with Crippen LogP contribution in [0, 0.1) is 10.8 Å². The Morgan fingerprint density at radius 3 is 2.75 bits per heavy atom. The fraction of sp³-hybridized carbons (Fsp3) is 0.833. The molecule has 3 rings (SSSR count). The molecule has 0 bridgehead atoms. The van der Waals surface area contributed by atoms with Crippen LogP contribution in [0.1, 0.15) is 32.1 Å². The molecule has 0 unspecified atom stereocenters. The van der Waals surface area contributed by atoms with Crippen LogP contribution in [0.4, 0.5) is 0 Å². The van der Waals surface area contributed by atoms with E-state index < -0.39 is 9.84 Å². The van der Waals surface area contributed by atoms with Crippen molar-refractivity contribution in [2.24, 2.45) is 10.8 Å². The minimum atomic E-state index is -2.83. The molecule has 1 heterocycles. The van der Waals surface area contributed by atoms with Gasteiger partial charge in [-0.3, -0.25) is 0 Å². The Morgan fingerprint density at radius 1 is 1.19 bits per heavy atom. The van der Waals surface area contributed by atoms with Gasteiger partial charge in [0.15, 0.2) is 9.84 Å². The second kappa shape index (κ2) is 3.35. The summed E-state index contributed by atoms with van der Waals surface area (Å²) in [6.07, 6.45) is 9.95. The molecule has 0 aromatic heterocycles. The molecule has 90 valence electrons. The van der Waals surface area contributed by atoms with Crippen LogP contribution in [0.5, 0.6) is 0 Å². The summed E-state index contributed by atoms with van der Waals surface area (Å²) < 4.78 is 24.0. The van der Waals surface area contributed by atoms with Crippen molar-refractivity contribution < 1.29 is 8.42 Å². The van der Waals surface area contributed by atoms with Gasteiger partial charge in [-0.25, -0.2) is 8.42 Å². The standard InChI is InChI=1S/C12H17BrO2S/c13-10-3-6-11-4-1-2-5-12(11,7-10)9-16(14,15)8-11/h3,6,10H,1-2,4-5,7-9H2/t10-,11-,12+/m0/s1. The van der Waals surface area contributed by atoms with E-state index in [1.807, 2.05) is 0 Å². The van der Waals surface area contributed by atoms with Crippen molar-refractivity contribution in [3.8, 4) is 0 Å². The third kappa shape index (κ3) is 1.45. The fourth-order valence-electron chi connectivity index (χ4n) is 4.13. The molecule has 0 aromatic rings. The Morgan fingerprint density at radius 2 is 1.94 bits per heavy atom. The molecule has 2 nitrogen and oxygen atoms in total. The second-order valence-corrected chi connectivity index (χ2v) is 9.00. The van der Waals surface area contributed by atoms with Gasteiger partial charge in [-0.2, -0.15) is 0 Å². The molecule has 2 fully saturated rings. The van der Waals surface area contributed by atoms with E-state index in [4.69, 9.17) is 0 Å². The maximum Gasteiger partial charge on any atom is 0.151 e. The molecule has 1 saturated carbocycles. The van der Waals surface area contributed by atoms with Gasteiger partial charge in [-0.1, -0.05) is 40.9 Å². The van der Waals surface area contributed by atoms with Gasteiger partial charge in [-0.15, -0.1) is 0 Å². The predicted octanol–water partition coefficient (Wildman–Crippen LogP) is 2.69. The van der Waals surface area contributed by atoms with E-state index in [9.17, 15) is 8.42 Å². The molecule has 16 heavy (non-hydrogen) atoms. The van der Waals surface area contributed by atoms with Gasteiger partial charge in [0.25, 0.3) is 0 Å². The average molecular weight is 305 g/mol. The highest BCUT2D eigenvalue weighted by molar-refractivity contribution is 9.09. The SMILES string of the molecule is O=S1(=O)C[C@]23C=C[C@H](Br)C[C@]2(CCCC3)C1. The zero-order valence-corrected chi connectivity index (χ0v) is 11.7. The van der Waals surface area contributed by atoms with Crippen molar-refractivity contribution in [3.63, 3.8) is 0 Å². The molecule has 3 atom stereocenters. The van der Waals surface area contributed by atoms with Gasteiger partial charge in [0, 0.05) is 10.2 Å². The topological polar surface area (TPSA) is 34.1 Å². The third-order valence-corrected chi connectivity index (χ3v) is 7.34. The molecule has 3 aliphatic rings. The molecular formula is C12H17BrO2S. The molecule has 0 spiro atoms. The summed E-state index contributed by atoms with van der Waals surface area (Å²) in [6, 6.07) is 0. The second-order valence-electron chi connectivity index (χ2n) is 5.76. The van der Waals surface area contributed by atoms with Crippen LogP contribution in [-0.4, -0.2) is 24.8 Å². The van der Waals surface area contributed by atoms with Crippen molar-refractivity contribution in [2.45, 2.75) is 36.9 Å². The van der Waals surface area contributed by atoms with E-state index in [1.165, 1.54) is 12.8 Å². The highest BCUT2D eigenvalue weighted by Gasteiger charge is 2.61. The Hall–Kier alpha value is 0.170. The van der Waals surface area contributed by atoms with Crippen molar-refractivity contribution in [3.05, 3.63) is 12.2 Å². The highest BCUT2D eigenvalue weighted by Crippen LogP contribution is 2.62. The number of rotatable bonds is 0. The first-order valence-electron chi connectivity index (χ1n) is 6.01. The number of hydrogen-bond donors (Lipinski definition) is 0. The first-order chi connectivity index (χ1) is 7.47. The molecule has 0 aromatic carbocycles. The van der Waals surface area contributed by atoms with Crippen molar-refractivity contribution >= 4 is 25.8 Å². The van der Waals surface area contributed by atoms with E-state index in [0.717, 1.165) is 19.3 Å². The maximum atomic E-state index is 12.0. The lowest BCUT2D eigenvalue weighted by Crippen LogP contribution is -2.46. The van der Waals surface area contributed by atoms with Crippen molar-refractivity contribution in [2.75, 3.05) is 11.5 Å². The maximum absolute atomic E-state index is 12.0. The monoisotopic (exact) mass is 304 g/mol. The summed E-state index contributed by atoms with van der Waals surface area (Å²) in [5.74, 6) is 0.822. The average Bonchev–Trinajstić information content (AvgIpc) is 2.42. The highest BCUT2D eigenvalue weighted by atomic mass is 79.9. The van der Waals surface area contributed by atoms with Crippen molar-refractivity contribution in [1.29, 1.82) is 0 Å². The summed E-state index contributed by atoms with van der Waals surface area (Å²) in [5.41, 5.74) is 0.0291. The number of alkyl halides is 1. The minimum absolute atomic E-state index is 0.0195. The van der Waals surface area contributed by atoms with Gasteiger partial charge in [0.05, 0.1) is 11.5 Å². The van der Waals surface area contributed by atoms with Crippen LogP contribution in [-0.2, 0) is 9.84 Å². The Kier molecular flexibility index (Phi) is 2.36. The molecule has 4 heteroatoms. The lowest BCUT2D eigenvalue weighted by Gasteiger charge is -2.50. The Bertz CT molecular complexity index is 442. The van der Waals surface area contributed by atoms with Crippen LogP contribution in [0.25, 0.3) is 0 Å². The normalized spacial score (nSPS) is 49.7. The van der Waals surface area contributed by atoms with E-state index in [0.29, 0.717) is 16.3 Å². The van der Waals surface area contributed by atoms with Crippen LogP contribution >= 0.6 is 15.9 Å². The van der Waals surface area contributed by atoms with Gasteiger partial charge in [0.1, 0.15) is 0 Å². The first-order valence-corrected chi connectivity index (χ1v) is 8.75. The quantitative estimate of drug-likeness (QED) is 0.509. The van der Waals surface area contributed by atoms with E-state index in [1.54, 1.807) is 0 Å². The summed E-state index contributed by atoms with van der Waals surface area (Å²) >= 11 is 3.63. The number of hydrogen-bond acceptors (Lipinski definition) is 2. The predicted molar refractivity (Wildman–Crippen MR) is 68.5 cm³/mol. The summed E-state index contributed by atoms with van der Waals surface area (Å²) in [6.45, 7) is 0. The minimum Gasteiger partial charge on any atom is -0.229 e.